The normalized spacial score (nSPS) is 11.8. The molecule has 1 N–H and O–H groups in total. The second kappa shape index (κ2) is 13.8. The number of sulfonamides is 1. The number of carbonyl (C=O) groups excluding carboxylic acids is 2. The molecule has 1 atom stereocenters. The molecule has 1 unspecified atom stereocenters. The Balaban J connectivity index is 2.09. The number of rotatable bonds is 13. The second-order valence-electron chi connectivity index (χ2n) is 9.34. The SMILES string of the molecule is CCCNC(=O)C(C)N(Cc1ccc(C)cc1)C(=O)CN(c1cc(OC)ccc1OC)S(=O)(=O)c1ccccc1. The monoisotopic (exact) mass is 567 g/mol. The number of methoxy groups -OCH3 is 2. The predicted octanol–water partition coefficient (Wildman–Crippen LogP) is 4.15. The molecule has 0 saturated carbocycles. The van der Waals surface area contributed by atoms with Crippen LogP contribution in [0.3, 0.4) is 0 Å². The van der Waals surface area contributed by atoms with Gasteiger partial charge in [0, 0.05) is 19.2 Å². The molecule has 214 valence electrons. The van der Waals surface area contributed by atoms with Crippen LogP contribution in [0.1, 0.15) is 31.4 Å². The Bertz CT molecular complexity index is 1390. The van der Waals surface area contributed by atoms with E-state index in [-0.39, 0.29) is 28.8 Å². The number of hydrogen-bond acceptors (Lipinski definition) is 6. The smallest absolute Gasteiger partial charge is 0.264 e. The number of ether oxygens (including phenoxy) is 2. The van der Waals surface area contributed by atoms with Crippen molar-refractivity contribution in [3.8, 4) is 11.5 Å². The maximum absolute atomic E-state index is 14.0. The lowest BCUT2D eigenvalue weighted by Crippen LogP contribution is -2.51. The summed E-state index contributed by atoms with van der Waals surface area (Å²) in [6, 6.07) is 19.3. The van der Waals surface area contributed by atoms with Crippen molar-refractivity contribution in [1.82, 2.24) is 10.2 Å². The minimum absolute atomic E-state index is 0.00601. The lowest BCUT2D eigenvalue weighted by atomic mass is 10.1. The Kier molecular flexibility index (Phi) is 10.6. The Labute approximate surface area is 236 Å². The van der Waals surface area contributed by atoms with Crippen molar-refractivity contribution in [2.24, 2.45) is 0 Å². The van der Waals surface area contributed by atoms with E-state index in [0.717, 1.165) is 21.9 Å². The molecule has 0 aliphatic carbocycles. The summed E-state index contributed by atoms with van der Waals surface area (Å²) in [6.45, 7) is 5.55. The molecule has 0 fully saturated rings. The quantitative estimate of drug-likeness (QED) is 0.333. The minimum Gasteiger partial charge on any atom is -0.497 e. The molecular formula is C30H37N3O6S. The van der Waals surface area contributed by atoms with Gasteiger partial charge < -0.3 is 19.7 Å². The maximum atomic E-state index is 14.0. The number of benzene rings is 3. The van der Waals surface area contributed by atoms with E-state index in [1.807, 2.05) is 38.1 Å². The van der Waals surface area contributed by atoms with Crippen LogP contribution in [0.15, 0.2) is 77.7 Å². The van der Waals surface area contributed by atoms with Gasteiger partial charge in [-0.2, -0.15) is 0 Å². The zero-order valence-electron chi connectivity index (χ0n) is 23.6. The van der Waals surface area contributed by atoms with E-state index in [0.29, 0.717) is 12.3 Å². The number of carbonyl (C=O) groups is 2. The predicted molar refractivity (Wildman–Crippen MR) is 155 cm³/mol. The van der Waals surface area contributed by atoms with Crippen molar-refractivity contribution < 1.29 is 27.5 Å². The largest absolute Gasteiger partial charge is 0.497 e. The second-order valence-corrected chi connectivity index (χ2v) is 11.2. The zero-order valence-corrected chi connectivity index (χ0v) is 24.4. The number of nitrogens with one attached hydrogen (secondary N) is 1. The van der Waals surface area contributed by atoms with Crippen LogP contribution in [-0.2, 0) is 26.2 Å². The van der Waals surface area contributed by atoms with Gasteiger partial charge in [-0.25, -0.2) is 8.42 Å². The summed E-state index contributed by atoms with van der Waals surface area (Å²) in [7, 11) is -1.34. The van der Waals surface area contributed by atoms with Crippen LogP contribution in [0.5, 0.6) is 11.5 Å². The first-order valence-corrected chi connectivity index (χ1v) is 14.5. The van der Waals surface area contributed by atoms with Crippen molar-refractivity contribution in [1.29, 1.82) is 0 Å². The molecule has 0 bridgehead atoms. The van der Waals surface area contributed by atoms with Gasteiger partial charge in [-0.15, -0.1) is 0 Å². The number of anilines is 1. The summed E-state index contributed by atoms with van der Waals surface area (Å²) < 4.78 is 39.8. The molecule has 0 aromatic heterocycles. The van der Waals surface area contributed by atoms with Crippen molar-refractivity contribution in [3.05, 3.63) is 83.9 Å². The first-order valence-electron chi connectivity index (χ1n) is 13.0. The number of aryl methyl sites for hydroxylation is 1. The molecule has 3 rings (SSSR count). The fraction of sp³-hybridized carbons (Fsp3) is 0.333. The highest BCUT2D eigenvalue weighted by Crippen LogP contribution is 2.36. The zero-order chi connectivity index (χ0) is 29.3. The molecular weight excluding hydrogens is 530 g/mol. The molecule has 3 aromatic rings. The molecule has 9 nitrogen and oxygen atoms in total. The lowest BCUT2D eigenvalue weighted by molar-refractivity contribution is -0.139. The van der Waals surface area contributed by atoms with E-state index < -0.39 is 28.5 Å². The van der Waals surface area contributed by atoms with Gasteiger partial charge >= 0.3 is 0 Å². The topological polar surface area (TPSA) is 105 Å². The average Bonchev–Trinajstić information content (AvgIpc) is 2.97. The first-order chi connectivity index (χ1) is 19.1. The van der Waals surface area contributed by atoms with Gasteiger partial charge in [-0.1, -0.05) is 55.0 Å². The average molecular weight is 568 g/mol. The van der Waals surface area contributed by atoms with Gasteiger partial charge in [-0.05, 0) is 50.1 Å². The molecule has 40 heavy (non-hydrogen) atoms. The number of hydrogen-bond donors (Lipinski definition) is 1. The Morgan fingerprint density at radius 1 is 0.950 bits per heavy atom. The molecule has 0 spiro atoms. The molecule has 0 aliphatic heterocycles. The molecule has 0 saturated heterocycles. The van der Waals surface area contributed by atoms with Crippen molar-refractivity contribution in [2.45, 2.75) is 44.7 Å². The summed E-state index contributed by atoms with van der Waals surface area (Å²) >= 11 is 0. The van der Waals surface area contributed by atoms with Gasteiger partial charge in [0.1, 0.15) is 24.1 Å². The van der Waals surface area contributed by atoms with Crippen LogP contribution in [0.25, 0.3) is 0 Å². The number of nitrogens with zero attached hydrogens (tertiary/aromatic N) is 2. The summed E-state index contributed by atoms with van der Waals surface area (Å²) in [6.07, 6.45) is 0.739. The third kappa shape index (κ3) is 7.32. The summed E-state index contributed by atoms with van der Waals surface area (Å²) in [5, 5.41) is 2.84. The van der Waals surface area contributed by atoms with E-state index >= 15 is 0 Å². The van der Waals surface area contributed by atoms with Gasteiger partial charge in [0.25, 0.3) is 10.0 Å². The molecule has 0 aliphatic rings. The summed E-state index contributed by atoms with van der Waals surface area (Å²) in [4.78, 5) is 28.4. The van der Waals surface area contributed by atoms with Gasteiger partial charge in [0.05, 0.1) is 24.8 Å². The highest BCUT2D eigenvalue weighted by molar-refractivity contribution is 7.92. The highest BCUT2D eigenvalue weighted by Gasteiger charge is 2.34. The van der Waals surface area contributed by atoms with Crippen LogP contribution >= 0.6 is 0 Å². The summed E-state index contributed by atoms with van der Waals surface area (Å²) in [5.74, 6) is -0.241. The molecule has 2 amide bonds. The van der Waals surface area contributed by atoms with Crippen molar-refractivity contribution >= 4 is 27.5 Å². The standard InChI is InChI=1S/C30H37N3O6S/c1-6-18-31-30(35)23(3)32(20-24-14-12-22(2)13-15-24)29(34)21-33(40(36,37)26-10-8-7-9-11-26)27-19-25(38-4)16-17-28(27)39-5/h7-17,19,23H,6,18,20-21H2,1-5H3,(H,31,35). The van der Waals surface area contributed by atoms with E-state index in [4.69, 9.17) is 9.47 Å². The molecule has 0 heterocycles. The van der Waals surface area contributed by atoms with Gasteiger partial charge in [0.2, 0.25) is 11.8 Å². The molecule has 10 heteroatoms. The van der Waals surface area contributed by atoms with E-state index in [1.54, 1.807) is 37.3 Å². The minimum atomic E-state index is -4.23. The van der Waals surface area contributed by atoms with Crippen molar-refractivity contribution in [2.75, 3.05) is 31.6 Å². The molecule has 3 aromatic carbocycles. The Hall–Kier alpha value is -4.05. The first kappa shape index (κ1) is 30.5. The van der Waals surface area contributed by atoms with E-state index in [9.17, 15) is 18.0 Å². The third-order valence-electron chi connectivity index (χ3n) is 6.45. The van der Waals surface area contributed by atoms with Crippen LogP contribution in [0.2, 0.25) is 0 Å². The fourth-order valence-electron chi connectivity index (χ4n) is 4.09. The number of amides is 2. The van der Waals surface area contributed by atoms with E-state index in [1.165, 1.54) is 37.3 Å². The van der Waals surface area contributed by atoms with Gasteiger partial charge in [0.15, 0.2) is 0 Å². The fourth-order valence-corrected chi connectivity index (χ4v) is 5.53. The lowest BCUT2D eigenvalue weighted by Gasteiger charge is -2.32. The molecule has 0 radical (unpaired) electrons. The summed E-state index contributed by atoms with van der Waals surface area (Å²) in [5.41, 5.74) is 2.00. The van der Waals surface area contributed by atoms with Gasteiger partial charge in [-0.3, -0.25) is 13.9 Å². The highest BCUT2D eigenvalue weighted by atomic mass is 32.2. The van der Waals surface area contributed by atoms with Crippen LogP contribution in [0, 0.1) is 6.92 Å². The Morgan fingerprint density at radius 2 is 1.62 bits per heavy atom. The maximum Gasteiger partial charge on any atom is 0.264 e. The van der Waals surface area contributed by atoms with Crippen molar-refractivity contribution in [3.63, 3.8) is 0 Å². The Morgan fingerprint density at radius 3 is 2.23 bits per heavy atom. The van der Waals surface area contributed by atoms with Crippen LogP contribution in [-0.4, -0.2) is 58.5 Å². The van der Waals surface area contributed by atoms with Crippen LogP contribution in [0.4, 0.5) is 5.69 Å². The van der Waals surface area contributed by atoms with Crippen LogP contribution < -0.4 is 19.1 Å². The third-order valence-corrected chi connectivity index (χ3v) is 8.23. The van der Waals surface area contributed by atoms with E-state index in [2.05, 4.69) is 5.32 Å².